The lowest BCUT2D eigenvalue weighted by atomic mass is 10.1. The number of thiophene rings is 1. The maximum atomic E-state index is 12.5. The molecule has 1 aromatic heterocycles. The third-order valence-electron chi connectivity index (χ3n) is 5.01. The highest BCUT2D eigenvalue weighted by Gasteiger charge is 2.17. The van der Waals surface area contributed by atoms with Crippen LogP contribution in [0.5, 0.6) is 5.75 Å². The van der Waals surface area contributed by atoms with Crippen LogP contribution in [0.1, 0.15) is 31.2 Å². The largest absolute Gasteiger partial charge is 0.422 e. The Morgan fingerprint density at radius 3 is 2.58 bits per heavy atom. The molecule has 0 saturated carbocycles. The van der Waals surface area contributed by atoms with Crippen LogP contribution in [0.2, 0.25) is 5.02 Å². The average molecular weight is 585 g/mol. The van der Waals surface area contributed by atoms with Crippen LogP contribution < -0.4 is 15.5 Å². The van der Waals surface area contributed by atoms with E-state index in [0.717, 1.165) is 20.1 Å². The number of hydrazone groups is 1. The van der Waals surface area contributed by atoms with Crippen molar-refractivity contribution in [2.45, 2.75) is 6.92 Å². The predicted octanol–water partition coefficient (Wildman–Crippen LogP) is 5.72. The maximum Gasteiger partial charge on any atom is 0.343 e. The van der Waals surface area contributed by atoms with Crippen LogP contribution in [0.4, 0.5) is 0 Å². The Bertz CT molecular complexity index is 1480. The molecule has 0 atom stereocenters. The van der Waals surface area contributed by atoms with Crippen LogP contribution in [-0.4, -0.2) is 30.5 Å². The highest BCUT2D eigenvalue weighted by Crippen LogP contribution is 2.34. The molecule has 7 nitrogen and oxygen atoms in total. The second-order valence-corrected chi connectivity index (χ2v) is 10.0. The van der Waals surface area contributed by atoms with Crippen molar-refractivity contribution in [1.82, 2.24) is 10.7 Å². The Hall–Kier alpha value is -3.53. The molecule has 0 aliphatic rings. The van der Waals surface area contributed by atoms with Gasteiger partial charge in [0.2, 0.25) is 0 Å². The molecule has 0 bridgehead atoms. The molecule has 2 amide bonds. The van der Waals surface area contributed by atoms with Crippen LogP contribution >= 0.6 is 38.9 Å². The smallest absolute Gasteiger partial charge is 0.343 e. The summed E-state index contributed by atoms with van der Waals surface area (Å²) in [6, 6.07) is 19.5. The van der Waals surface area contributed by atoms with Gasteiger partial charge in [0.1, 0.15) is 10.6 Å². The fourth-order valence-corrected chi connectivity index (χ4v) is 4.99. The van der Waals surface area contributed by atoms with Gasteiger partial charge in [-0.15, -0.1) is 11.3 Å². The van der Waals surface area contributed by atoms with Gasteiger partial charge in [-0.25, -0.2) is 10.2 Å². The fourth-order valence-electron chi connectivity index (χ4n) is 3.18. The summed E-state index contributed by atoms with van der Waals surface area (Å²) in [7, 11) is 0. The van der Waals surface area contributed by atoms with Crippen LogP contribution in [-0.2, 0) is 4.79 Å². The first-order valence-electron chi connectivity index (χ1n) is 10.7. The van der Waals surface area contributed by atoms with Crippen molar-refractivity contribution in [3.05, 3.63) is 97.8 Å². The number of halogens is 2. The maximum absolute atomic E-state index is 12.5. The van der Waals surface area contributed by atoms with Gasteiger partial charge in [-0.2, -0.15) is 5.10 Å². The Kier molecular flexibility index (Phi) is 8.14. The van der Waals surface area contributed by atoms with E-state index in [1.165, 1.54) is 17.6 Å². The van der Waals surface area contributed by atoms with E-state index in [1.54, 1.807) is 30.3 Å². The molecule has 0 radical (unpaired) electrons. The van der Waals surface area contributed by atoms with Gasteiger partial charge in [0, 0.05) is 20.1 Å². The van der Waals surface area contributed by atoms with Crippen molar-refractivity contribution in [1.29, 1.82) is 0 Å². The molecular formula is C26H19BrClN3O4S. The van der Waals surface area contributed by atoms with Crippen molar-refractivity contribution >= 4 is 73.0 Å². The van der Waals surface area contributed by atoms with Gasteiger partial charge in [0.25, 0.3) is 11.8 Å². The van der Waals surface area contributed by atoms with Crippen molar-refractivity contribution in [2.24, 2.45) is 5.10 Å². The minimum absolute atomic E-state index is 0.273. The molecule has 4 aromatic rings. The van der Waals surface area contributed by atoms with Gasteiger partial charge in [-0.05, 0) is 43.3 Å². The number of amides is 2. The number of nitrogens with one attached hydrogen (secondary N) is 2. The lowest BCUT2D eigenvalue weighted by molar-refractivity contribution is -0.120. The normalized spacial score (nSPS) is 11.0. The summed E-state index contributed by atoms with van der Waals surface area (Å²) in [6.07, 6.45) is 1.35. The van der Waals surface area contributed by atoms with E-state index in [1.807, 2.05) is 43.3 Å². The quantitative estimate of drug-likeness (QED) is 0.126. The SMILES string of the molecule is Cc1ccc(C(=O)Oc2ccc(Br)cc2/C=N\NC(=O)CNC(=O)c2sc3ccccc3c2Cl)cc1. The number of hydrogen-bond donors (Lipinski definition) is 2. The molecule has 1 heterocycles. The summed E-state index contributed by atoms with van der Waals surface area (Å²) in [6.45, 7) is 1.63. The lowest BCUT2D eigenvalue weighted by Gasteiger charge is -2.08. The molecule has 36 heavy (non-hydrogen) atoms. The van der Waals surface area contributed by atoms with E-state index < -0.39 is 17.8 Å². The molecule has 182 valence electrons. The van der Waals surface area contributed by atoms with Gasteiger partial charge < -0.3 is 10.1 Å². The minimum atomic E-state index is -0.537. The number of rotatable bonds is 7. The number of aryl methyl sites for hydroxylation is 1. The predicted molar refractivity (Wildman–Crippen MR) is 145 cm³/mol. The molecule has 3 aromatic carbocycles. The highest BCUT2D eigenvalue weighted by molar-refractivity contribution is 9.10. The standard InChI is InChI=1S/C26H19BrClN3O4S/c1-15-6-8-16(9-7-15)26(34)35-20-11-10-18(27)12-17(20)13-30-31-22(32)14-29-25(33)24-23(28)19-4-2-3-5-21(19)36-24/h2-13H,14H2,1H3,(H,29,33)(H,31,32)/b30-13-. The van der Waals surface area contributed by atoms with Crippen LogP contribution in [0.3, 0.4) is 0 Å². The number of nitrogens with zero attached hydrogens (tertiary/aromatic N) is 1. The van der Waals surface area contributed by atoms with E-state index in [9.17, 15) is 14.4 Å². The third-order valence-corrected chi connectivity index (χ3v) is 7.17. The number of hydrogen-bond acceptors (Lipinski definition) is 6. The van der Waals surface area contributed by atoms with E-state index in [4.69, 9.17) is 16.3 Å². The monoisotopic (exact) mass is 583 g/mol. The van der Waals surface area contributed by atoms with Gasteiger partial charge in [-0.3, -0.25) is 9.59 Å². The zero-order valence-electron chi connectivity index (χ0n) is 18.9. The van der Waals surface area contributed by atoms with Crippen LogP contribution in [0.15, 0.2) is 76.3 Å². The van der Waals surface area contributed by atoms with Gasteiger partial charge >= 0.3 is 5.97 Å². The first kappa shape index (κ1) is 25.6. The molecule has 0 fully saturated rings. The number of carbonyl (C=O) groups excluding carboxylic acids is 3. The molecule has 0 spiro atoms. The summed E-state index contributed by atoms with van der Waals surface area (Å²) < 4.78 is 7.13. The number of esters is 1. The van der Waals surface area contributed by atoms with Gasteiger partial charge in [-0.1, -0.05) is 63.4 Å². The van der Waals surface area contributed by atoms with E-state index in [-0.39, 0.29) is 12.3 Å². The average Bonchev–Trinajstić information content (AvgIpc) is 3.21. The summed E-state index contributed by atoms with van der Waals surface area (Å²) >= 11 is 10.9. The minimum Gasteiger partial charge on any atom is -0.422 e. The molecule has 2 N–H and O–H groups in total. The van der Waals surface area contributed by atoms with E-state index in [0.29, 0.717) is 21.0 Å². The zero-order valence-corrected chi connectivity index (χ0v) is 22.0. The Balaban J connectivity index is 1.36. The summed E-state index contributed by atoms with van der Waals surface area (Å²) in [5.41, 5.74) is 4.25. The fraction of sp³-hybridized carbons (Fsp3) is 0.0769. The molecule has 0 saturated heterocycles. The van der Waals surface area contributed by atoms with Gasteiger partial charge in [0.05, 0.1) is 23.3 Å². The summed E-state index contributed by atoms with van der Waals surface area (Å²) in [4.78, 5) is 37.5. The second-order valence-electron chi connectivity index (χ2n) is 7.65. The molecule has 0 unspecified atom stereocenters. The molecule has 0 aliphatic carbocycles. The van der Waals surface area contributed by atoms with E-state index >= 15 is 0 Å². The van der Waals surface area contributed by atoms with Crippen molar-refractivity contribution in [3.8, 4) is 5.75 Å². The van der Waals surface area contributed by atoms with Crippen molar-refractivity contribution in [3.63, 3.8) is 0 Å². The van der Waals surface area contributed by atoms with Crippen molar-refractivity contribution < 1.29 is 19.1 Å². The first-order chi connectivity index (χ1) is 17.3. The Labute approximate surface area is 224 Å². The van der Waals surface area contributed by atoms with Crippen LogP contribution in [0, 0.1) is 6.92 Å². The zero-order chi connectivity index (χ0) is 25.7. The topological polar surface area (TPSA) is 96.9 Å². The lowest BCUT2D eigenvalue weighted by Crippen LogP contribution is -2.34. The van der Waals surface area contributed by atoms with Gasteiger partial charge in [0.15, 0.2) is 0 Å². The number of carbonyl (C=O) groups is 3. The highest BCUT2D eigenvalue weighted by atomic mass is 79.9. The van der Waals surface area contributed by atoms with E-state index in [2.05, 4.69) is 31.8 Å². The molecule has 10 heteroatoms. The molecule has 4 rings (SSSR count). The first-order valence-corrected chi connectivity index (χ1v) is 12.7. The Morgan fingerprint density at radius 2 is 1.83 bits per heavy atom. The summed E-state index contributed by atoms with van der Waals surface area (Å²) in [5.74, 6) is -1.23. The third kappa shape index (κ3) is 6.17. The molecular weight excluding hydrogens is 566 g/mol. The number of ether oxygens (including phenoxy) is 1. The second kappa shape index (κ2) is 11.5. The number of benzene rings is 3. The van der Waals surface area contributed by atoms with Crippen molar-refractivity contribution in [2.75, 3.05) is 6.54 Å². The Morgan fingerprint density at radius 1 is 1.08 bits per heavy atom. The number of fused-ring (bicyclic) bond motifs is 1. The summed E-state index contributed by atoms with van der Waals surface area (Å²) in [5, 5.41) is 7.61. The van der Waals surface area contributed by atoms with Crippen LogP contribution in [0.25, 0.3) is 10.1 Å². The molecule has 0 aliphatic heterocycles.